The third-order valence-electron chi connectivity index (χ3n) is 16.9. The molecule has 6 aliphatic rings. The highest BCUT2D eigenvalue weighted by Crippen LogP contribution is 2.97. The summed E-state index contributed by atoms with van der Waals surface area (Å²) in [7, 11) is 0. The quantitative estimate of drug-likeness (QED) is 0.382. The molecule has 10 unspecified atom stereocenters. The summed E-state index contributed by atoms with van der Waals surface area (Å²) in [6.45, 7) is 29.7. The molecule has 11 atom stereocenters. The molecule has 0 aromatic rings. The van der Waals surface area contributed by atoms with Crippen molar-refractivity contribution in [2.45, 2.75) is 132 Å². The summed E-state index contributed by atoms with van der Waals surface area (Å²) in [5.41, 5.74) is 3.12. The second kappa shape index (κ2) is 5.75. The molecule has 6 saturated carbocycles. The Morgan fingerprint density at radius 3 is 2.00 bits per heavy atom. The van der Waals surface area contributed by atoms with Gasteiger partial charge in [0.15, 0.2) is 0 Å². The van der Waals surface area contributed by atoms with Gasteiger partial charge in [-0.15, -0.1) is 0 Å². The summed E-state index contributed by atoms with van der Waals surface area (Å²) >= 11 is 5.99. The molecular weight excluding hydrogens is 416 g/mol. The van der Waals surface area contributed by atoms with E-state index in [1.807, 2.05) is 0 Å². The fraction of sp³-hybridized carbons (Fsp3) is 1.00. The largest absolute Gasteiger partial charge is 0.171 e. The van der Waals surface area contributed by atoms with Crippen molar-refractivity contribution in [2.75, 3.05) is 0 Å². The van der Waals surface area contributed by atoms with Gasteiger partial charge in [0.2, 0.25) is 0 Å². The van der Waals surface area contributed by atoms with Crippen molar-refractivity contribution in [3.8, 4) is 0 Å². The van der Waals surface area contributed by atoms with Crippen LogP contribution in [-0.2, 0) is 0 Å². The van der Waals surface area contributed by atoms with Gasteiger partial charge in [-0.05, 0) is 112 Å². The minimum absolute atomic E-state index is 0.0956. The van der Waals surface area contributed by atoms with Crippen LogP contribution in [-0.4, -0.2) is 4.75 Å². The zero-order chi connectivity index (χ0) is 24.5. The average molecular weight is 471 g/mol. The minimum Gasteiger partial charge on any atom is -0.171 e. The molecule has 0 radical (unpaired) electrons. The summed E-state index contributed by atoms with van der Waals surface area (Å²) in [6.07, 6.45) is 11.5. The summed E-state index contributed by atoms with van der Waals surface area (Å²) in [6, 6.07) is 0. The molecule has 0 heterocycles. The van der Waals surface area contributed by atoms with Gasteiger partial charge in [-0.25, -0.2) is 0 Å². The van der Waals surface area contributed by atoms with E-state index in [0.717, 1.165) is 23.7 Å². The first kappa shape index (κ1) is 23.7. The Labute approximate surface area is 211 Å². The van der Waals surface area contributed by atoms with Crippen LogP contribution in [0.1, 0.15) is 128 Å². The van der Waals surface area contributed by atoms with E-state index in [-0.39, 0.29) is 10.2 Å². The van der Waals surface area contributed by atoms with Gasteiger partial charge < -0.3 is 0 Å². The normalized spacial score (nSPS) is 65.8. The van der Waals surface area contributed by atoms with Gasteiger partial charge in [0, 0.05) is 4.75 Å². The Morgan fingerprint density at radius 2 is 1.42 bits per heavy atom. The molecule has 1 spiro atoms. The lowest BCUT2D eigenvalue weighted by atomic mass is 9.35. The lowest BCUT2D eigenvalue weighted by Gasteiger charge is -2.72. The standard InChI is InChI=1S/C32H54S/c1-12-29-14-20(3)26(9,17-29)31-15-22-21(4)28(31,11)27(10)18-30(31,13-2)19-32(27,33)25(7,8)24(5,6)16-23(22)29/h20-23,33H,12-19H2,1-11H3/t20?,21?,22?,23?,26?,27?,28?,29-,30?,31?,32?/m1/s1. The number of hydrogen-bond donors (Lipinski definition) is 1. The van der Waals surface area contributed by atoms with Gasteiger partial charge in [-0.3, -0.25) is 0 Å². The predicted molar refractivity (Wildman–Crippen MR) is 144 cm³/mol. The third-order valence-corrected chi connectivity index (χ3v) is 18.1. The van der Waals surface area contributed by atoms with Crippen molar-refractivity contribution in [1.82, 2.24) is 0 Å². The van der Waals surface area contributed by atoms with Gasteiger partial charge in [0.05, 0.1) is 0 Å². The Bertz CT molecular complexity index is 917. The molecule has 6 aliphatic carbocycles. The first-order valence-corrected chi connectivity index (χ1v) is 15.1. The molecule has 33 heavy (non-hydrogen) atoms. The van der Waals surface area contributed by atoms with E-state index in [1.54, 1.807) is 0 Å². The van der Waals surface area contributed by atoms with Crippen molar-refractivity contribution in [1.29, 1.82) is 0 Å². The number of thiol groups is 1. The summed E-state index contributed by atoms with van der Waals surface area (Å²) in [4.78, 5) is 0. The zero-order valence-electron chi connectivity index (χ0n) is 23.9. The average Bonchev–Trinajstić information content (AvgIpc) is 3.29. The number of fused-ring (bicyclic) bond motifs is 4. The van der Waals surface area contributed by atoms with E-state index < -0.39 is 0 Å². The van der Waals surface area contributed by atoms with Crippen molar-refractivity contribution < 1.29 is 0 Å². The Hall–Kier alpha value is 0.350. The monoisotopic (exact) mass is 470 g/mol. The summed E-state index contributed by atoms with van der Waals surface area (Å²) in [5.74, 6) is 3.44. The second-order valence-corrected chi connectivity index (χ2v) is 17.4. The lowest BCUT2D eigenvalue weighted by molar-refractivity contribution is -0.205. The van der Waals surface area contributed by atoms with Crippen molar-refractivity contribution in [3.63, 3.8) is 0 Å². The topological polar surface area (TPSA) is 0 Å². The molecule has 0 saturated heterocycles. The van der Waals surface area contributed by atoms with Crippen molar-refractivity contribution in [3.05, 3.63) is 0 Å². The molecule has 6 fully saturated rings. The van der Waals surface area contributed by atoms with Crippen LogP contribution in [0.15, 0.2) is 0 Å². The van der Waals surface area contributed by atoms with E-state index in [4.69, 9.17) is 12.6 Å². The molecule has 188 valence electrons. The molecule has 6 rings (SSSR count). The molecule has 7 bridgehead atoms. The summed E-state index contributed by atoms with van der Waals surface area (Å²) < 4.78 is 0.0956. The zero-order valence-corrected chi connectivity index (χ0v) is 24.8. The highest BCUT2D eigenvalue weighted by Gasteiger charge is 2.92. The van der Waals surface area contributed by atoms with E-state index in [0.29, 0.717) is 37.9 Å². The predicted octanol–water partition coefficient (Wildman–Crippen LogP) is 9.43. The highest BCUT2D eigenvalue weighted by molar-refractivity contribution is 7.82. The first-order chi connectivity index (χ1) is 15.0. The van der Waals surface area contributed by atoms with Gasteiger partial charge in [0.1, 0.15) is 0 Å². The van der Waals surface area contributed by atoms with Crippen LogP contribution in [0, 0.1) is 67.0 Å². The van der Waals surface area contributed by atoms with Crippen LogP contribution in [0.4, 0.5) is 0 Å². The maximum atomic E-state index is 5.99. The Balaban J connectivity index is 1.80. The Morgan fingerprint density at radius 1 is 0.788 bits per heavy atom. The molecule has 0 nitrogen and oxygen atoms in total. The highest BCUT2D eigenvalue weighted by atomic mass is 32.1. The minimum atomic E-state index is 0.0956. The van der Waals surface area contributed by atoms with Gasteiger partial charge >= 0.3 is 0 Å². The first-order valence-electron chi connectivity index (χ1n) is 14.7. The molecule has 0 aromatic heterocycles. The molecular formula is C32H54S. The van der Waals surface area contributed by atoms with E-state index >= 15 is 0 Å². The smallest absolute Gasteiger partial charge is 0.0250 e. The van der Waals surface area contributed by atoms with E-state index in [2.05, 4.69) is 76.2 Å². The van der Waals surface area contributed by atoms with Crippen LogP contribution in [0.2, 0.25) is 0 Å². The van der Waals surface area contributed by atoms with E-state index in [9.17, 15) is 0 Å². The van der Waals surface area contributed by atoms with Crippen LogP contribution in [0.3, 0.4) is 0 Å². The second-order valence-electron chi connectivity index (χ2n) is 16.7. The molecule has 0 amide bonds. The molecule has 0 N–H and O–H groups in total. The number of rotatable bonds is 2. The molecule has 1 heteroatoms. The fourth-order valence-electron chi connectivity index (χ4n) is 14.6. The van der Waals surface area contributed by atoms with Gasteiger partial charge in [0.25, 0.3) is 0 Å². The number of hydrogen-bond acceptors (Lipinski definition) is 1. The van der Waals surface area contributed by atoms with Crippen LogP contribution >= 0.6 is 12.6 Å². The molecule has 0 aromatic carbocycles. The van der Waals surface area contributed by atoms with Gasteiger partial charge in [-0.1, -0.05) is 82.6 Å². The fourth-order valence-corrected chi connectivity index (χ4v) is 15.5. The molecule has 0 aliphatic heterocycles. The maximum Gasteiger partial charge on any atom is 0.0250 e. The third kappa shape index (κ3) is 1.81. The van der Waals surface area contributed by atoms with Crippen LogP contribution in [0.25, 0.3) is 0 Å². The van der Waals surface area contributed by atoms with Crippen LogP contribution in [0.5, 0.6) is 0 Å². The maximum absolute atomic E-state index is 5.99. The van der Waals surface area contributed by atoms with Crippen LogP contribution < -0.4 is 0 Å². The van der Waals surface area contributed by atoms with E-state index in [1.165, 1.54) is 51.4 Å². The SMILES string of the molecule is CCC12CC3(C)C(S)(C1)C(C)(C)C(C)(C)CC1C4CC2(C2(C)C[C@@]1(CC)CC2C)C3(C)C4C. The lowest BCUT2D eigenvalue weighted by Crippen LogP contribution is -2.69. The van der Waals surface area contributed by atoms with Crippen molar-refractivity contribution >= 4 is 12.6 Å². The van der Waals surface area contributed by atoms with Gasteiger partial charge in [-0.2, -0.15) is 12.6 Å². The Kier molecular flexibility index (Phi) is 4.14. The van der Waals surface area contributed by atoms with Crippen molar-refractivity contribution in [2.24, 2.45) is 67.0 Å². The summed E-state index contributed by atoms with van der Waals surface area (Å²) in [5, 5.41) is 0.